The van der Waals surface area contributed by atoms with Crippen molar-refractivity contribution in [3.8, 4) is 11.5 Å². The van der Waals surface area contributed by atoms with Crippen molar-refractivity contribution in [1.29, 1.82) is 0 Å². The van der Waals surface area contributed by atoms with Gasteiger partial charge in [0.15, 0.2) is 0 Å². The Morgan fingerprint density at radius 2 is 1.19 bits per heavy atom. The highest BCUT2D eigenvalue weighted by Crippen LogP contribution is 2.21. The SMILES string of the molecule is O=Cc1ccc(C(=O)Oc2ccc(C(=O)Oc3ccc(N4CCNCC4)cc3)cc2)cc1. The van der Waals surface area contributed by atoms with Crippen molar-refractivity contribution in [1.82, 2.24) is 5.32 Å². The van der Waals surface area contributed by atoms with Gasteiger partial charge in [-0.1, -0.05) is 12.1 Å². The van der Waals surface area contributed by atoms with E-state index < -0.39 is 11.9 Å². The fourth-order valence-corrected chi connectivity index (χ4v) is 3.34. The Morgan fingerprint density at radius 3 is 1.69 bits per heavy atom. The molecule has 7 nitrogen and oxygen atoms in total. The summed E-state index contributed by atoms with van der Waals surface area (Å²) >= 11 is 0. The van der Waals surface area contributed by atoms with Crippen molar-refractivity contribution in [2.45, 2.75) is 0 Å². The van der Waals surface area contributed by atoms with Crippen molar-refractivity contribution in [2.75, 3.05) is 31.1 Å². The van der Waals surface area contributed by atoms with E-state index in [2.05, 4.69) is 10.2 Å². The Morgan fingerprint density at radius 1 is 0.719 bits per heavy atom. The van der Waals surface area contributed by atoms with Crippen LogP contribution in [0.5, 0.6) is 11.5 Å². The Balaban J connectivity index is 1.34. The molecule has 3 aromatic carbocycles. The van der Waals surface area contributed by atoms with Gasteiger partial charge in [0.25, 0.3) is 0 Å². The molecule has 1 heterocycles. The molecule has 0 amide bonds. The standard InChI is InChI=1S/C25H22N2O5/c28-17-18-1-3-19(4-2-18)24(29)31-22-9-5-20(6-10-22)25(30)32-23-11-7-21(8-12-23)27-15-13-26-14-16-27/h1-12,17,26H,13-16H2. The zero-order chi connectivity index (χ0) is 22.3. The quantitative estimate of drug-likeness (QED) is 0.365. The van der Waals surface area contributed by atoms with Gasteiger partial charge in [-0.25, -0.2) is 9.59 Å². The summed E-state index contributed by atoms with van der Waals surface area (Å²) in [6.45, 7) is 3.79. The van der Waals surface area contributed by atoms with E-state index in [4.69, 9.17) is 9.47 Å². The molecule has 1 saturated heterocycles. The average Bonchev–Trinajstić information content (AvgIpc) is 2.85. The number of hydrogen-bond donors (Lipinski definition) is 1. The van der Waals surface area contributed by atoms with Crippen LogP contribution < -0.4 is 19.7 Å². The third kappa shape index (κ3) is 5.19. The maximum atomic E-state index is 12.4. The van der Waals surface area contributed by atoms with Gasteiger partial charge < -0.3 is 19.7 Å². The van der Waals surface area contributed by atoms with Gasteiger partial charge in [-0.2, -0.15) is 0 Å². The lowest BCUT2D eigenvalue weighted by molar-refractivity contribution is 0.0730. The van der Waals surface area contributed by atoms with Gasteiger partial charge >= 0.3 is 11.9 Å². The summed E-state index contributed by atoms with van der Waals surface area (Å²) in [6, 6.07) is 19.7. The first-order chi connectivity index (χ1) is 15.6. The summed E-state index contributed by atoms with van der Waals surface area (Å²) in [5.74, 6) is -0.292. The molecular weight excluding hydrogens is 408 g/mol. The zero-order valence-corrected chi connectivity index (χ0v) is 17.3. The minimum Gasteiger partial charge on any atom is -0.423 e. The van der Waals surface area contributed by atoms with Gasteiger partial charge in [0.1, 0.15) is 17.8 Å². The maximum Gasteiger partial charge on any atom is 0.343 e. The van der Waals surface area contributed by atoms with Gasteiger partial charge in [-0.15, -0.1) is 0 Å². The van der Waals surface area contributed by atoms with Gasteiger partial charge in [-0.05, 0) is 60.7 Å². The number of benzene rings is 3. The number of nitrogens with zero attached hydrogens (tertiary/aromatic N) is 1. The molecule has 1 fully saturated rings. The second-order valence-corrected chi connectivity index (χ2v) is 7.27. The fraction of sp³-hybridized carbons (Fsp3) is 0.160. The molecule has 1 aliphatic heterocycles. The van der Waals surface area contributed by atoms with Crippen molar-refractivity contribution in [3.63, 3.8) is 0 Å². The van der Waals surface area contributed by atoms with Crippen molar-refractivity contribution >= 4 is 23.9 Å². The third-order valence-electron chi connectivity index (χ3n) is 5.11. The van der Waals surface area contributed by atoms with E-state index in [1.165, 1.54) is 36.4 Å². The largest absolute Gasteiger partial charge is 0.423 e. The predicted molar refractivity (Wildman–Crippen MR) is 120 cm³/mol. The Hall–Kier alpha value is -3.97. The molecule has 0 aromatic heterocycles. The first kappa shape index (κ1) is 21.3. The molecule has 162 valence electrons. The molecule has 7 heteroatoms. The number of piperazine rings is 1. The lowest BCUT2D eigenvalue weighted by Gasteiger charge is -2.29. The molecule has 0 unspecified atom stereocenters. The van der Waals surface area contributed by atoms with Crippen molar-refractivity contribution in [3.05, 3.63) is 89.5 Å². The van der Waals surface area contributed by atoms with E-state index in [9.17, 15) is 14.4 Å². The van der Waals surface area contributed by atoms with Crippen molar-refractivity contribution in [2.24, 2.45) is 0 Å². The van der Waals surface area contributed by atoms with Crippen LogP contribution in [-0.4, -0.2) is 44.4 Å². The van der Waals surface area contributed by atoms with Crippen LogP contribution in [0.15, 0.2) is 72.8 Å². The average molecular weight is 430 g/mol. The Labute approximate surface area is 185 Å². The molecule has 0 bridgehead atoms. The van der Waals surface area contributed by atoms with Crippen molar-refractivity contribution < 1.29 is 23.9 Å². The van der Waals surface area contributed by atoms with E-state index in [-0.39, 0.29) is 0 Å². The molecular formula is C25H22N2O5. The number of esters is 2. The number of aldehydes is 1. The summed E-state index contributed by atoms with van der Waals surface area (Å²) in [6.07, 6.45) is 0.702. The number of carbonyl (C=O) groups is 3. The number of ether oxygens (including phenoxy) is 2. The highest BCUT2D eigenvalue weighted by atomic mass is 16.5. The summed E-state index contributed by atoms with van der Waals surface area (Å²) in [4.78, 5) is 37.6. The Bertz CT molecular complexity index is 1090. The topological polar surface area (TPSA) is 84.9 Å². The molecule has 1 aliphatic rings. The van der Waals surface area contributed by atoms with Gasteiger partial charge in [-0.3, -0.25) is 4.79 Å². The molecule has 0 radical (unpaired) electrons. The summed E-state index contributed by atoms with van der Waals surface area (Å²) in [7, 11) is 0. The van der Waals surface area contributed by atoms with E-state index in [1.54, 1.807) is 24.3 Å². The summed E-state index contributed by atoms with van der Waals surface area (Å²) < 4.78 is 10.8. The number of hydrogen-bond acceptors (Lipinski definition) is 7. The predicted octanol–water partition coefficient (Wildman–Crippen LogP) is 3.35. The number of anilines is 1. The molecule has 32 heavy (non-hydrogen) atoms. The van der Waals surface area contributed by atoms with Crippen LogP contribution in [-0.2, 0) is 0 Å². The normalized spacial score (nSPS) is 13.3. The minimum atomic E-state index is -0.553. The van der Waals surface area contributed by atoms with E-state index in [1.807, 2.05) is 12.1 Å². The first-order valence-corrected chi connectivity index (χ1v) is 10.3. The molecule has 0 atom stereocenters. The van der Waals surface area contributed by atoms with Crippen LogP contribution in [0.2, 0.25) is 0 Å². The highest BCUT2D eigenvalue weighted by molar-refractivity contribution is 5.93. The van der Waals surface area contributed by atoms with E-state index >= 15 is 0 Å². The second-order valence-electron chi connectivity index (χ2n) is 7.27. The van der Waals surface area contributed by atoms with E-state index in [0.717, 1.165) is 31.9 Å². The third-order valence-corrected chi connectivity index (χ3v) is 5.11. The van der Waals surface area contributed by atoms with Crippen LogP contribution in [0.1, 0.15) is 31.1 Å². The maximum absolute atomic E-state index is 12.4. The lowest BCUT2D eigenvalue weighted by atomic mass is 10.1. The first-order valence-electron chi connectivity index (χ1n) is 10.3. The second kappa shape index (κ2) is 9.89. The molecule has 4 rings (SSSR count). The van der Waals surface area contributed by atoms with Crippen LogP contribution in [0.25, 0.3) is 0 Å². The molecule has 0 spiro atoms. The molecule has 0 aliphatic carbocycles. The lowest BCUT2D eigenvalue weighted by Crippen LogP contribution is -2.43. The molecule has 3 aromatic rings. The van der Waals surface area contributed by atoms with E-state index in [0.29, 0.717) is 34.5 Å². The monoisotopic (exact) mass is 430 g/mol. The Kier molecular flexibility index (Phi) is 6.57. The van der Waals surface area contributed by atoms with Crippen LogP contribution >= 0.6 is 0 Å². The molecule has 1 N–H and O–H groups in total. The summed E-state index contributed by atoms with van der Waals surface area (Å²) in [5.41, 5.74) is 2.23. The smallest absolute Gasteiger partial charge is 0.343 e. The van der Waals surface area contributed by atoms with Gasteiger partial charge in [0.05, 0.1) is 11.1 Å². The number of rotatable bonds is 6. The molecule has 0 saturated carbocycles. The number of carbonyl (C=O) groups excluding carboxylic acids is 3. The van der Waals surface area contributed by atoms with Crippen LogP contribution in [0.4, 0.5) is 5.69 Å². The van der Waals surface area contributed by atoms with Crippen LogP contribution in [0, 0.1) is 0 Å². The van der Waals surface area contributed by atoms with Gasteiger partial charge in [0.2, 0.25) is 0 Å². The summed E-state index contributed by atoms with van der Waals surface area (Å²) in [5, 5.41) is 3.32. The van der Waals surface area contributed by atoms with Gasteiger partial charge in [0, 0.05) is 37.4 Å². The number of nitrogens with one attached hydrogen (secondary N) is 1. The highest BCUT2D eigenvalue weighted by Gasteiger charge is 2.13. The zero-order valence-electron chi connectivity index (χ0n) is 17.3. The van der Waals surface area contributed by atoms with Crippen LogP contribution in [0.3, 0.4) is 0 Å². The minimum absolute atomic E-state index is 0.298. The fourth-order valence-electron chi connectivity index (χ4n) is 3.34.